The van der Waals surface area contributed by atoms with Crippen molar-refractivity contribution in [2.24, 2.45) is 0 Å². The number of likely N-dealkylation sites (N-methyl/N-ethyl adjacent to an activating group) is 1. The molecule has 2 aromatic rings. The van der Waals surface area contributed by atoms with Gasteiger partial charge in [0.15, 0.2) is 0 Å². The van der Waals surface area contributed by atoms with E-state index in [2.05, 4.69) is 18.0 Å². The maximum atomic E-state index is 13.0. The molecule has 1 aliphatic rings. The lowest BCUT2D eigenvalue weighted by Gasteiger charge is -2.34. The molecular weight excluding hydrogens is 350 g/mol. The molecule has 28 heavy (non-hydrogen) atoms. The molecule has 2 amide bonds. The Kier molecular flexibility index (Phi) is 5.42. The first kappa shape index (κ1) is 19.1. The van der Waals surface area contributed by atoms with E-state index in [1.165, 1.54) is 4.90 Å². The summed E-state index contributed by atoms with van der Waals surface area (Å²) in [7, 11) is 1.63. The summed E-state index contributed by atoms with van der Waals surface area (Å²) in [6.07, 6.45) is 2.07. The van der Waals surface area contributed by atoms with E-state index in [-0.39, 0.29) is 17.5 Å². The Bertz CT molecular complexity index is 1020. The van der Waals surface area contributed by atoms with Crippen LogP contribution in [0.2, 0.25) is 0 Å². The standard InChI is InChI=1S/C23H21N3O2/c1-4-17-11-8-12-18(14-24)20(17)15(2)21-23(28)26(3)19(22(27)25-21)13-16-9-6-5-7-10-16/h4-12,19H,1,13H2,2-3H3,(H,25,27). The van der Waals surface area contributed by atoms with Crippen LogP contribution in [0.4, 0.5) is 0 Å². The Balaban J connectivity index is 2.00. The van der Waals surface area contributed by atoms with Crippen LogP contribution in [0.25, 0.3) is 11.6 Å². The zero-order valence-corrected chi connectivity index (χ0v) is 15.9. The molecule has 1 N–H and O–H groups in total. The molecule has 1 atom stereocenters. The third-order valence-electron chi connectivity index (χ3n) is 5.01. The number of hydrogen-bond donors (Lipinski definition) is 1. The van der Waals surface area contributed by atoms with Gasteiger partial charge >= 0.3 is 0 Å². The molecule has 0 saturated carbocycles. The third-order valence-corrected chi connectivity index (χ3v) is 5.01. The summed E-state index contributed by atoms with van der Waals surface area (Å²) < 4.78 is 0. The molecule has 2 aromatic carbocycles. The first-order valence-electron chi connectivity index (χ1n) is 8.96. The first-order valence-corrected chi connectivity index (χ1v) is 8.96. The van der Waals surface area contributed by atoms with E-state index >= 15 is 0 Å². The van der Waals surface area contributed by atoms with Gasteiger partial charge in [0.2, 0.25) is 5.91 Å². The monoisotopic (exact) mass is 371 g/mol. The number of rotatable bonds is 4. The van der Waals surface area contributed by atoms with Crippen molar-refractivity contribution >= 4 is 23.5 Å². The van der Waals surface area contributed by atoms with Crippen molar-refractivity contribution in [3.8, 4) is 6.07 Å². The molecule has 1 heterocycles. The number of carbonyl (C=O) groups is 2. The summed E-state index contributed by atoms with van der Waals surface area (Å²) in [6.45, 7) is 5.53. The third kappa shape index (κ3) is 3.45. The van der Waals surface area contributed by atoms with Gasteiger partial charge in [-0.15, -0.1) is 0 Å². The van der Waals surface area contributed by atoms with E-state index in [0.717, 1.165) is 11.1 Å². The Morgan fingerprint density at radius 1 is 1.21 bits per heavy atom. The number of nitrogens with one attached hydrogen (secondary N) is 1. The Morgan fingerprint density at radius 2 is 1.93 bits per heavy atom. The summed E-state index contributed by atoms with van der Waals surface area (Å²) in [4.78, 5) is 27.3. The molecule has 1 aliphatic heterocycles. The fraction of sp³-hybridized carbons (Fsp3) is 0.174. The lowest BCUT2D eigenvalue weighted by atomic mass is 9.92. The molecule has 0 spiro atoms. The lowest BCUT2D eigenvalue weighted by molar-refractivity contribution is -0.140. The number of hydrogen-bond acceptors (Lipinski definition) is 3. The van der Waals surface area contributed by atoms with E-state index < -0.39 is 6.04 Å². The molecule has 3 rings (SSSR count). The zero-order valence-electron chi connectivity index (χ0n) is 15.9. The number of benzene rings is 2. The summed E-state index contributed by atoms with van der Waals surface area (Å²) in [5.74, 6) is -0.518. The SMILES string of the molecule is C=Cc1cccc(C#N)c1C(C)=C1NC(=O)C(Cc2ccccc2)N(C)C1=O. The minimum absolute atomic E-state index is 0.197. The molecule has 0 aliphatic carbocycles. The van der Waals surface area contributed by atoms with Crippen LogP contribution >= 0.6 is 0 Å². The second-order valence-electron chi connectivity index (χ2n) is 6.70. The van der Waals surface area contributed by atoms with Gasteiger partial charge in [0.1, 0.15) is 11.7 Å². The van der Waals surface area contributed by atoms with Crippen molar-refractivity contribution in [3.63, 3.8) is 0 Å². The minimum atomic E-state index is -0.587. The average Bonchev–Trinajstić information content (AvgIpc) is 2.73. The fourth-order valence-electron chi connectivity index (χ4n) is 3.45. The van der Waals surface area contributed by atoms with Gasteiger partial charge in [-0.25, -0.2) is 0 Å². The van der Waals surface area contributed by atoms with Gasteiger partial charge < -0.3 is 10.2 Å². The van der Waals surface area contributed by atoms with Gasteiger partial charge in [-0.05, 0) is 29.7 Å². The van der Waals surface area contributed by atoms with E-state index in [9.17, 15) is 14.9 Å². The van der Waals surface area contributed by atoms with Crippen molar-refractivity contribution in [1.29, 1.82) is 5.26 Å². The fourth-order valence-corrected chi connectivity index (χ4v) is 3.45. The highest BCUT2D eigenvalue weighted by atomic mass is 16.2. The van der Waals surface area contributed by atoms with Gasteiger partial charge in [0, 0.05) is 19.0 Å². The van der Waals surface area contributed by atoms with Crippen LogP contribution in [0.1, 0.15) is 29.2 Å². The molecule has 140 valence electrons. The second kappa shape index (κ2) is 7.93. The maximum Gasteiger partial charge on any atom is 0.271 e. The summed E-state index contributed by atoms with van der Waals surface area (Å²) >= 11 is 0. The van der Waals surface area contributed by atoms with Gasteiger partial charge in [-0.3, -0.25) is 9.59 Å². The van der Waals surface area contributed by atoms with E-state index in [4.69, 9.17) is 0 Å². The van der Waals surface area contributed by atoms with E-state index in [0.29, 0.717) is 23.1 Å². The topological polar surface area (TPSA) is 73.2 Å². The molecular formula is C23H21N3O2. The zero-order chi connectivity index (χ0) is 20.3. The highest BCUT2D eigenvalue weighted by molar-refractivity contribution is 6.09. The van der Waals surface area contributed by atoms with Crippen molar-refractivity contribution < 1.29 is 9.59 Å². The van der Waals surface area contributed by atoms with Crippen LogP contribution in [0.15, 0.2) is 60.8 Å². The molecule has 1 saturated heterocycles. The van der Waals surface area contributed by atoms with Crippen LogP contribution in [-0.2, 0) is 16.0 Å². The molecule has 0 bridgehead atoms. The maximum absolute atomic E-state index is 13.0. The molecule has 0 aromatic heterocycles. The van der Waals surface area contributed by atoms with Gasteiger partial charge in [-0.2, -0.15) is 5.26 Å². The largest absolute Gasteiger partial charge is 0.328 e. The van der Waals surface area contributed by atoms with Crippen LogP contribution in [0.3, 0.4) is 0 Å². The van der Waals surface area contributed by atoms with Crippen molar-refractivity contribution in [2.45, 2.75) is 19.4 Å². The predicted octanol–water partition coefficient (Wildman–Crippen LogP) is 3.13. The van der Waals surface area contributed by atoms with E-state index in [1.807, 2.05) is 36.4 Å². The van der Waals surface area contributed by atoms with Gasteiger partial charge in [0.25, 0.3) is 5.91 Å². The second-order valence-corrected chi connectivity index (χ2v) is 6.70. The first-order chi connectivity index (χ1) is 13.5. The number of allylic oxidation sites excluding steroid dienone is 1. The number of amides is 2. The summed E-state index contributed by atoms with van der Waals surface area (Å²) in [6, 6.07) is 16.4. The van der Waals surface area contributed by atoms with Crippen molar-refractivity contribution in [3.05, 3.63) is 83.1 Å². The van der Waals surface area contributed by atoms with Crippen LogP contribution in [-0.4, -0.2) is 29.8 Å². The predicted molar refractivity (Wildman–Crippen MR) is 109 cm³/mol. The van der Waals surface area contributed by atoms with Gasteiger partial charge in [0.05, 0.1) is 11.6 Å². The number of nitriles is 1. The molecule has 5 nitrogen and oxygen atoms in total. The molecule has 1 fully saturated rings. The van der Waals surface area contributed by atoms with Crippen LogP contribution in [0, 0.1) is 11.3 Å². The number of piperazine rings is 1. The molecule has 0 radical (unpaired) electrons. The minimum Gasteiger partial charge on any atom is -0.328 e. The normalized spacial score (nSPS) is 18.3. The Hall–Kier alpha value is -3.65. The smallest absolute Gasteiger partial charge is 0.271 e. The number of carbonyl (C=O) groups excluding carboxylic acids is 2. The van der Waals surface area contributed by atoms with E-state index in [1.54, 1.807) is 32.2 Å². The number of nitrogens with zero attached hydrogens (tertiary/aromatic N) is 2. The van der Waals surface area contributed by atoms with Crippen molar-refractivity contribution in [1.82, 2.24) is 10.2 Å². The Morgan fingerprint density at radius 3 is 2.57 bits per heavy atom. The van der Waals surface area contributed by atoms with Gasteiger partial charge in [-0.1, -0.05) is 55.1 Å². The summed E-state index contributed by atoms with van der Waals surface area (Å²) in [5, 5.41) is 12.2. The highest BCUT2D eigenvalue weighted by Gasteiger charge is 2.36. The van der Waals surface area contributed by atoms with Crippen LogP contribution in [0.5, 0.6) is 0 Å². The lowest BCUT2D eigenvalue weighted by Crippen LogP contribution is -2.56. The molecule has 5 heteroatoms. The van der Waals surface area contributed by atoms with Crippen LogP contribution < -0.4 is 5.32 Å². The van der Waals surface area contributed by atoms with Crippen molar-refractivity contribution in [2.75, 3.05) is 7.05 Å². The molecule has 1 unspecified atom stereocenters. The quantitative estimate of drug-likeness (QED) is 0.839. The average molecular weight is 371 g/mol. The Labute approximate surface area is 164 Å². The summed E-state index contributed by atoms with van der Waals surface area (Å²) in [5.41, 5.74) is 3.51. The highest BCUT2D eigenvalue weighted by Crippen LogP contribution is 2.28.